The van der Waals surface area contributed by atoms with E-state index in [-0.39, 0.29) is 4.90 Å². The van der Waals surface area contributed by atoms with Crippen LogP contribution in [-0.2, 0) is 37.4 Å². The lowest BCUT2D eigenvalue weighted by Gasteiger charge is -2.20. The van der Waals surface area contributed by atoms with E-state index in [1.165, 1.54) is 12.1 Å². The second-order valence-electron chi connectivity index (χ2n) is 6.18. The van der Waals surface area contributed by atoms with Gasteiger partial charge in [0.2, 0.25) is 5.76 Å². The van der Waals surface area contributed by atoms with Crippen LogP contribution in [0.3, 0.4) is 0 Å². The van der Waals surface area contributed by atoms with Gasteiger partial charge in [0, 0.05) is 0 Å². The zero-order chi connectivity index (χ0) is 20.8. The summed E-state index contributed by atoms with van der Waals surface area (Å²) in [6.45, 7) is 8.26. The lowest BCUT2D eigenvalue weighted by Crippen LogP contribution is -2.15. The monoisotopic (exact) mass is 420 g/mol. The fraction of sp³-hybridized carbons (Fsp3) is 0.471. The number of carbonyl (C=O) groups excluding carboxylic acids is 1. The van der Waals surface area contributed by atoms with Gasteiger partial charge >= 0.3 is 23.7 Å². The van der Waals surface area contributed by atoms with Gasteiger partial charge in [-0.05, 0) is 46.8 Å². The Hall–Kier alpha value is -1.67. The van der Waals surface area contributed by atoms with Crippen molar-refractivity contribution in [3.05, 3.63) is 41.4 Å². The first-order valence-electron chi connectivity index (χ1n) is 8.17. The van der Waals surface area contributed by atoms with E-state index in [2.05, 4.69) is 4.74 Å². The highest BCUT2D eigenvalue weighted by atomic mass is 32.2. The minimum absolute atomic E-state index is 0.174. The molecule has 0 aromatic heterocycles. The average molecular weight is 420 g/mol. The van der Waals surface area contributed by atoms with Crippen molar-refractivity contribution in [3.63, 3.8) is 0 Å². The number of hydrogen-bond acceptors (Lipinski definition) is 8. The first-order chi connectivity index (χ1) is 12.4. The van der Waals surface area contributed by atoms with Gasteiger partial charge in [-0.2, -0.15) is 8.42 Å². The molecule has 0 unspecified atom stereocenters. The van der Waals surface area contributed by atoms with E-state index in [0.717, 1.165) is 18.5 Å². The number of hydrogen-bond donors (Lipinski definition) is 0. The van der Waals surface area contributed by atoms with Gasteiger partial charge in [-0.1, -0.05) is 17.7 Å². The Kier molecular flexibility index (Phi) is 8.23. The molecule has 0 saturated heterocycles. The zero-order valence-corrected chi connectivity index (χ0v) is 17.9. The van der Waals surface area contributed by atoms with Crippen LogP contribution in [0.15, 0.2) is 40.7 Å². The molecule has 1 aromatic carbocycles. The molecule has 0 amide bonds. The molecule has 0 atom stereocenters. The van der Waals surface area contributed by atoms with Crippen LogP contribution in [0.25, 0.3) is 0 Å². The summed E-state index contributed by atoms with van der Waals surface area (Å²) < 4.78 is 57.9. The summed E-state index contributed by atoms with van der Waals surface area (Å²) in [5.41, 5.74) is 0.845. The van der Waals surface area contributed by atoms with Crippen LogP contribution in [-0.4, -0.2) is 33.7 Å². The fourth-order valence-electron chi connectivity index (χ4n) is 1.90. The Morgan fingerprint density at radius 3 is 1.93 bits per heavy atom. The topological polar surface area (TPSA) is 105 Å². The molecule has 0 fully saturated rings. The van der Waals surface area contributed by atoms with E-state index in [0.29, 0.717) is 0 Å². The highest BCUT2D eigenvalue weighted by molar-refractivity contribution is 7.87. The molecule has 1 aromatic rings. The molecule has 8 nitrogen and oxygen atoms in total. The fourth-order valence-corrected chi connectivity index (χ4v) is 4.68. The Balaban J connectivity index is 3.34. The van der Waals surface area contributed by atoms with Crippen molar-refractivity contribution in [3.8, 4) is 0 Å². The minimum atomic E-state index is -4.36. The van der Waals surface area contributed by atoms with Gasteiger partial charge in [0.25, 0.3) is 0 Å². The second-order valence-corrected chi connectivity index (χ2v) is 9.49. The van der Waals surface area contributed by atoms with E-state index < -0.39 is 41.7 Å². The van der Waals surface area contributed by atoms with Crippen LogP contribution in [0.4, 0.5) is 0 Å². The molecule has 1 rings (SSSR count). The van der Waals surface area contributed by atoms with Gasteiger partial charge in [-0.3, -0.25) is 4.57 Å². The summed E-state index contributed by atoms with van der Waals surface area (Å²) in [6.07, 6.45) is -1.03. The van der Waals surface area contributed by atoms with Crippen LogP contribution < -0.4 is 0 Å². The van der Waals surface area contributed by atoms with Crippen molar-refractivity contribution in [2.24, 2.45) is 0 Å². The quantitative estimate of drug-likeness (QED) is 0.195. The molecule has 0 N–H and O–H groups in total. The van der Waals surface area contributed by atoms with Crippen LogP contribution in [0.2, 0.25) is 0 Å². The van der Waals surface area contributed by atoms with Crippen molar-refractivity contribution in [1.29, 1.82) is 0 Å². The van der Waals surface area contributed by atoms with Crippen LogP contribution in [0, 0.1) is 6.92 Å². The number of benzene rings is 1. The molecular weight excluding hydrogens is 395 g/mol. The molecule has 0 aliphatic carbocycles. The number of methoxy groups -OCH3 is 1. The molecule has 10 heteroatoms. The van der Waals surface area contributed by atoms with Gasteiger partial charge in [0.15, 0.2) is 0 Å². The van der Waals surface area contributed by atoms with Gasteiger partial charge < -0.3 is 18.0 Å². The van der Waals surface area contributed by atoms with E-state index in [9.17, 15) is 17.8 Å². The maximum atomic E-state index is 12.9. The van der Waals surface area contributed by atoms with Crippen molar-refractivity contribution in [2.45, 2.75) is 51.7 Å². The van der Waals surface area contributed by atoms with Crippen LogP contribution >= 0.6 is 7.60 Å². The number of aryl methyl sites for hydroxylation is 1. The largest absolute Gasteiger partial charge is 0.463 e. The molecule has 152 valence electrons. The number of esters is 1. The minimum Gasteiger partial charge on any atom is -0.463 e. The van der Waals surface area contributed by atoms with Crippen molar-refractivity contribution in [1.82, 2.24) is 0 Å². The summed E-state index contributed by atoms with van der Waals surface area (Å²) in [4.78, 5) is 11.8. The Bertz CT molecular complexity index is 811. The average Bonchev–Trinajstić information content (AvgIpc) is 2.51. The van der Waals surface area contributed by atoms with E-state index in [1.807, 2.05) is 0 Å². The molecule has 0 heterocycles. The van der Waals surface area contributed by atoms with Crippen LogP contribution in [0.1, 0.15) is 33.3 Å². The van der Waals surface area contributed by atoms with Crippen LogP contribution in [0.5, 0.6) is 0 Å². The molecule has 0 spiro atoms. The summed E-state index contributed by atoms with van der Waals surface area (Å²) in [6, 6.07) is 5.81. The number of carbonyl (C=O) groups is 1. The van der Waals surface area contributed by atoms with Crippen molar-refractivity contribution < 1.29 is 35.7 Å². The van der Waals surface area contributed by atoms with Gasteiger partial charge in [0.05, 0.1) is 25.1 Å². The van der Waals surface area contributed by atoms with E-state index in [4.69, 9.17) is 13.2 Å². The summed E-state index contributed by atoms with van der Waals surface area (Å²) >= 11 is 0. The smallest absolute Gasteiger partial charge is 0.375 e. The predicted octanol–water partition coefficient (Wildman–Crippen LogP) is 3.76. The first-order valence-corrected chi connectivity index (χ1v) is 11.2. The number of ether oxygens (including phenoxy) is 1. The summed E-state index contributed by atoms with van der Waals surface area (Å²) in [7, 11) is -7.32. The summed E-state index contributed by atoms with van der Waals surface area (Å²) in [5, 5.41) is 0. The maximum absolute atomic E-state index is 12.9. The Morgan fingerprint density at radius 1 is 1.04 bits per heavy atom. The normalized spacial score (nSPS) is 13.1. The standard InChI is InChI=1S/C17H25O8PS/c1-12(2)23-26(19,24-13(3)4)11-16(17(18)22-6)25-27(20,21)15-9-7-14(5)8-10-15/h7-13H,1-6H3/b16-11-. The molecule has 0 saturated carbocycles. The highest BCUT2D eigenvalue weighted by Gasteiger charge is 2.32. The molecule has 0 radical (unpaired) electrons. The highest BCUT2D eigenvalue weighted by Crippen LogP contribution is 2.53. The van der Waals surface area contributed by atoms with E-state index >= 15 is 0 Å². The third-order valence-corrected chi connectivity index (χ3v) is 6.12. The molecular formula is C17H25O8PS. The maximum Gasteiger partial charge on any atom is 0.375 e. The second kappa shape index (κ2) is 9.50. The molecule has 0 aliphatic rings. The lowest BCUT2D eigenvalue weighted by molar-refractivity contribution is -0.138. The lowest BCUT2D eigenvalue weighted by atomic mass is 10.2. The summed E-state index contributed by atoms with van der Waals surface area (Å²) in [5.74, 6) is -1.21. The van der Waals surface area contributed by atoms with Gasteiger partial charge in [-0.15, -0.1) is 0 Å². The predicted molar refractivity (Wildman–Crippen MR) is 99.6 cm³/mol. The third-order valence-electron chi connectivity index (χ3n) is 2.89. The molecule has 27 heavy (non-hydrogen) atoms. The third kappa shape index (κ3) is 7.46. The molecule has 0 aliphatic heterocycles. The van der Waals surface area contributed by atoms with Gasteiger partial charge in [-0.25, -0.2) is 4.79 Å². The Labute approximate surface area is 160 Å². The Morgan fingerprint density at radius 2 is 1.52 bits per heavy atom. The molecule has 0 bridgehead atoms. The van der Waals surface area contributed by atoms with Crippen molar-refractivity contribution in [2.75, 3.05) is 7.11 Å². The first kappa shape index (κ1) is 23.4. The number of rotatable bonds is 9. The van der Waals surface area contributed by atoms with Crippen molar-refractivity contribution >= 4 is 23.7 Å². The van der Waals surface area contributed by atoms with Gasteiger partial charge in [0.1, 0.15) is 4.90 Å². The van der Waals surface area contributed by atoms with E-state index in [1.54, 1.807) is 46.8 Å². The SMILES string of the molecule is COC(=O)/C(=C/P(=O)(OC(C)C)OC(C)C)OS(=O)(=O)c1ccc(C)cc1. The zero-order valence-electron chi connectivity index (χ0n) is 16.2.